The summed E-state index contributed by atoms with van der Waals surface area (Å²) < 4.78 is 0. The van der Waals surface area contributed by atoms with E-state index >= 15 is 0 Å². The lowest BCUT2D eigenvalue weighted by Gasteiger charge is -2.14. The number of benzene rings is 3. The van der Waals surface area contributed by atoms with E-state index in [9.17, 15) is 4.79 Å². The zero-order valence-electron chi connectivity index (χ0n) is 15.4. The highest BCUT2D eigenvalue weighted by atomic mass is 16.1. The minimum atomic E-state index is -0.111. The molecule has 0 unspecified atom stereocenters. The highest BCUT2D eigenvalue weighted by Gasteiger charge is 2.14. The highest BCUT2D eigenvalue weighted by Crippen LogP contribution is 2.27. The van der Waals surface area contributed by atoms with Crippen LogP contribution in [0, 0.1) is 0 Å². The van der Waals surface area contributed by atoms with E-state index in [4.69, 9.17) is 0 Å². The number of nitrogens with one attached hydrogen (secondary N) is 1. The molecule has 0 aliphatic rings. The summed E-state index contributed by atoms with van der Waals surface area (Å²) in [5, 5.41) is 6.18. The second kappa shape index (κ2) is 7.08. The molecule has 0 aliphatic heterocycles. The molecule has 1 aromatic heterocycles. The van der Waals surface area contributed by atoms with Gasteiger partial charge in [-0.25, -0.2) is 0 Å². The van der Waals surface area contributed by atoms with Gasteiger partial charge in [-0.3, -0.25) is 9.78 Å². The molecule has 4 aromatic rings. The van der Waals surface area contributed by atoms with Crippen molar-refractivity contribution in [1.82, 2.24) is 10.3 Å². The van der Waals surface area contributed by atoms with Crippen LogP contribution in [-0.4, -0.2) is 25.0 Å². The average Bonchev–Trinajstić information content (AvgIpc) is 2.71. The fourth-order valence-electron chi connectivity index (χ4n) is 3.32. The summed E-state index contributed by atoms with van der Waals surface area (Å²) >= 11 is 0. The van der Waals surface area contributed by atoms with Gasteiger partial charge in [0, 0.05) is 37.9 Å². The van der Waals surface area contributed by atoms with E-state index in [1.165, 1.54) is 0 Å². The molecule has 4 rings (SSSR count). The largest absolute Gasteiger partial charge is 0.378 e. The standard InChI is InChI=1S/C23H21N3O/c1-26(2)18-9-5-7-16(13-18)15-25-23(27)21-14-17-8-3-4-10-19(17)20-11-6-12-24-22(20)21/h3-14H,15H2,1-2H3,(H,25,27). The third-order valence-electron chi connectivity index (χ3n) is 4.74. The number of aromatic nitrogens is 1. The Labute approximate surface area is 158 Å². The highest BCUT2D eigenvalue weighted by molar-refractivity contribution is 6.15. The third-order valence-corrected chi connectivity index (χ3v) is 4.74. The zero-order chi connectivity index (χ0) is 18.8. The molecule has 0 aliphatic carbocycles. The molecule has 27 heavy (non-hydrogen) atoms. The quantitative estimate of drug-likeness (QED) is 0.553. The Bertz CT molecular complexity index is 1130. The van der Waals surface area contributed by atoms with E-state index in [-0.39, 0.29) is 5.91 Å². The van der Waals surface area contributed by atoms with Gasteiger partial charge in [0.2, 0.25) is 0 Å². The summed E-state index contributed by atoms with van der Waals surface area (Å²) in [7, 11) is 4.01. The van der Waals surface area contributed by atoms with Crippen molar-refractivity contribution in [3.05, 3.63) is 84.1 Å². The van der Waals surface area contributed by atoms with Gasteiger partial charge in [-0.2, -0.15) is 0 Å². The van der Waals surface area contributed by atoms with Gasteiger partial charge in [0.05, 0.1) is 11.1 Å². The van der Waals surface area contributed by atoms with Gasteiger partial charge >= 0.3 is 0 Å². The number of carbonyl (C=O) groups is 1. The molecular formula is C23H21N3O. The fourth-order valence-corrected chi connectivity index (χ4v) is 3.32. The summed E-state index contributed by atoms with van der Waals surface area (Å²) in [4.78, 5) is 19.5. The number of hydrogen-bond acceptors (Lipinski definition) is 3. The van der Waals surface area contributed by atoms with Gasteiger partial charge in [-0.15, -0.1) is 0 Å². The molecule has 4 nitrogen and oxygen atoms in total. The van der Waals surface area contributed by atoms with Crippen molar-refractivity contribution in [2.24, 2.45) is 0 Å². The Balaban J connectivity index is 1.67. The molecule has 134 valence electrons. The molecular weight excluding hydrogens is 334 g/mol. The van der Waals surface area contributed by atoms with E-state index in [1.54, 1.807) is 6.20 Å². The minimum absolute atomic E-state index is 0.111. The van der Waals surface area contributed by atoms with Crippen molar-refractivity contribution in [1.29, 1.82) is 0 Å². The van der Waals surface area contributed by atoms with Crippen LogP contribution in [0.15, 0.2) is 72.9 Å². The molecule has 3 aromatic carbocycles. The first-order valence-electron chi connectivity index (χ1n) is 8.94. The topological polar surface area (TPSA) is 45.2 Å². The normalized spacial score (nSPS) is 10.9. The maximum absolute atomic E-state index is 12.9. The van der Waals surface area contributed by atoms with Crippen molar-refractivity contribution in [2.45, 2.75) is 6.54 Å². The van der Waals surface area contributed by atoms with E-state index < -0.39 is 0 Å². The van der Waals surface area contributed by atoms with Crippen molar-refractivity contribution >= 4 is 33.3 Å². The van der Waals surface area contributed by atoms with Crippen LogP contribution in [0.3, 0.4) is 0 Å². The Morgan fingerprint density at radius 2 is 1.78 bits per heavy atom. The van der Waals surface area contributed by atoms with E-state index in [0.29, 0.717) is 12.1 Å². The molecule has 0 bridgehead atoms. The van der Waals surface area contributed by atoms with Crippen LogP contribution >= 0.6 is 0 Å². The molecule has 0 fully saturated rings. The summed E-state index contributed by atoms with van der Waals surface area (Å²) in [6.45, 7) is 0.474. The zero-order valence-corrected chi connectivity index (χ0v) is 15.4. The summed E-state index contributed by atoms with van der Waals surface area (Å²) in [6, 6.07) is 22.1. The van der Waals surface area contributed by atoms with Crippen molar-refractivity contribution < 1.29 is 4.79 Å². The number of pyridine rings is 1. The van der Waals surface area contributed by atoms with Crippen LogP contribution in [0.4, 0.5) is 5.69 Å². The number of fused-ring (bicyclic) bond motifs is 3. The first-order valence-corrected chi connectivity index (χ1v) is 8.94. The summed E-state index contributed by atoms with van der Waals surface area (Å²) in [6.07, 6.45) is 1.73. The third kappa shape index (κ3) is 3.34. The maximum atomic E-state index is 12.9. The van der Waals surface area contributed by atoms with E-state index in [1.807, 2.05) is 73.6 Å². The van der Waals surface area contributed by atoms with Gasteiger partial charge in [0.1, 0.15) is 0 Å². The number of anilines is 1. The predicted octanol–water partition coefficient (Wildman–Crippen LogP) is 4.38. The van der Waals surface area contributed by atoms with E-state index in [0.717, 1.165) is 32.9 Å². The first kappa shape index (κ1) is 17.0. The number of amides is 1. The molecule has 1 heterocycles. The molecule has 1 amide bonds. The van der Waals surface area contributed by atoms with Crippen LogP contribution < -0.4 is 10.2 Å². The molecule has 0 saturated carbocycles. The molecule has 0 atom stereocenters. The van der Waals surface area contributed by atoms with Crippen LogP contribution in [0.5, 0.6) is 0 Å². The Hall–Kier alpha value is -3.40. The lowest BCUT2D eigenvalue weighted by atomic mass is 10.0. The number of carbonyl (C=O) groups excluding carboxylic acids is 1. The van der Waals surface area contributed by atoms with E-state index in [2.05, 4.69) is 22.4 Å². The lowest BCUT2D eigenvalue weighted by Crippen LogP contribution is -2.23. The van der Waals surface area contributed by atoms with Crippen LogP contribution in [-0.2, 0) is 6.54 Å². The number of rotatable bonds is 4. The Kier molecular flexibility index (Phi) is 4.47. The Morgan fingerprint density at radius 3 is 2.63 bits per heavy atom. The fraction of sp³-hybridized carbons (Fsp3) is 0.130. The van der Waals surface area contributed by atoms with Gasteiger partial charge in [-0.05, 0) is 40.6 Å². The number of hydrogen-bond donors (Lipinski definition) is 1. The van der Waals surface area contributed by atoms with Crippen LogP contribution in [0.25, 0.3) is 21.7 Å². The smallest absolute Gasteiger partial charge is 0.253 e. The monoisotopic (exact) mass is 355 g/mol. The maximum Gasteiger partial charge on any atom is 0.253 e. The molecule has 0 radical (unpaired) electrons. The van der Waals surface area contributed by atoms with Crippen LogP contribution in [0.1, 0.15) is 15.9 Å². The van der Waals surface area contributed by atoms with Crippen molar-refractivity contribution in [3.63, 3.8) is 0 Å². The van der Waals surface area contributed by atoms with Gasteiger partial charge in [-0.1, -0.05) is 42.5 Å². The second-order valence-electron chi connectivity index (χ2n) is 6.79. The molecule has 4 heteroatoms. The number of nitrogens with zero attached hydrogens (tertiary/aromatic N) is 2. The summed E-state index contributed by atoms with van der Waals surface area (Å²) in [5.41, 5.74) is 3.51. The average molecular weight is 355 g/mol. The first-order chi connectivity index (χ1) is 13.1. The van der Waals surface area contributed by atoms with Crippen molar-refractivity contribution in [2.75, 3.05) is 19.0 Å². The van der Waals surface area contributed by atoms with Crippen LogP contribution in [0.2, 0.25) is 0 Å². The molecule has 0 saturated heterocycles. The predicted molar refractivity (Wildman–Crippen MR) is 111 cm³/mol. The SMILES string of the molecule is CN(C)c1cccc(CNC(=O)c2cc3ccccc3c3cccnc23)c1. The molecule has 1 N–H and O–H groups in total. The lowest BCUT2D eigenvalue weighted by molar-refractivity contribution is 0.0952. The van der Waals surface area contributed by atoms with Gasteiger partial charge in [0.25, 0.3) is 5.91 Å². The minimum Gasteiger partial charge on any atom is -0.378 e. The van der Waals surface area contributed by atoms with Gasteiger partial charge < -0.3 is 10.2 Å². The van der Waals surface area contributed by atoms with Gasteiger partial charge in [0.15, 0.2) is 0 Å². The second-order valence-corrected chi connectivity index (χ2v) is 6.79. The summed E-state index contributed by atoms with van der Waals surface area (Å²) in [5.74, 6) is -0.111. The van der Waals surface area contributed by atoms with Crippen molar-refractivity contribution in [3.8, 4) is 0 Å². The molecule has 0 spiro atoms. The Morgan fingerprint density at radius 1 is 0.963 bits per heavy atom.